The van der Waals surface area contributed by atoms with Crippen LogP contribution in [-0.4, -0.2) is 23.3 Å². The Kier molecular flexibility index (Phi) is 12.6. The Hall–Kier alpha value is -4.33. The van der Waals surface area contributed by atoms with Crippen molar-refractivity contribution in [1.29, 1.82) is 0 Å². The maximum atomic E-state index is 14.4. The lowest BCUT2D eigenvalue weighted by molar-refractivity contribution is -0.137. The lowest BCUT2D eigenvalue weighted by atomic mass is 9.91. The number of aryl methyl sites for hydroxylation is 1. The molecule has 252 valence electrons. The lowest BCUT2D eigenvalue weighted by Gasteiger charge is -2.28. The maximum absolute atomic E-state index is 14.4. The molecule has 0 radical (unpaired) electrons. The number of allylic oxidation sites excluding steroid dienone is 7. The van der Waals surface area contributed by atoms with Crippen LogP contribution in [0, 0.1) is 6.92 Å². The molecule has 0 bridgehead atoms. The van der Waals surface area contributed by atoms with E-state index in [9.17, 15) is 23.1 Å². The number of hydrogen-bond donors (Lipinski definition) is 2. The van der Waals surface area contributed by atoms with Crippen molar-refractivity contribution < 1.29 is 27.8 Å². The molecule has 47 heavy (non-hydrogen) atoms. The second kappa shape index (κ2) is 16.0. The highest BCUT2D eigenvalue weighted by atomic mass is 19.4. The van der Waals surface area contributed by atoms with Crippen LogP contribution in [0.25, 0.3) is 11.3 Å². The minimum Gasteiger partial charge on any atom is -0.478 e. The molecule has 2 N–H and O–H groups in total. The Morgan fingerprint density at radius 2 is 1.74 bits per heavy atom. The summed E-state index contributed by atoms with van der Waals surface area (Å²) in [6.07, 6.45) is 6.25. The monoisotopic (exact) mass is 648 g/mol. The highest BCUT2D eigenvalue weighted by Crippen LogP contribution is 2.45. The quantitative estimate of drug-likeness (QED) is 0.136. The molecular weight excluding hydrogens is 601 g/mol. The molecule has 1 heterocycles. The van der Waals surface area contributed by atoms with Gasteiger partial charge in [-0.1, -0.05) is 56.2 Å². The zero-order valence-corrected chi connectivity index (χ0v) is 28.9. The summed E-state index contributed by atoms with van der Waals surface area (Å²) in [4.78, 5) is 17.0. The van der Waals surface area contributed by atoms with E-state index in [2.05, 4.69) is 10.3 Å². The van der Waals surface area contributed by atoms with Crippen LogP contribution in [0.5, 0.6) is 5.75 Å². The van der Waals surface area contributed by atoms with Gasteiger partial charge in [-0.15, -0.1) is 0 Å². The Morgan fingerprint density at radius 1 is 1.04 bits per heavy atom. The number of nitrogens with one attached hydrogen (secondary N) is 1. The average Bonchev–Trinajstić information content (AvgIpc) is 3.01. The van der Waals surface area contributed by atoms with Crippen LogP contribution in [0.15, 0.2) is 82.0 Å². The summed E-state index contributed by atoms with van der Waals surface area (Å²) in [5.74, 6) is -0.328. The van der Waals surface area contributed by atoms with Crippen molar-refractivity contribution >= 4 is 23.5 Å². The molecule has 2 aromatic rings. The van der Waals surface area contributed by atoms with Crippen LogP contribution in [0.4, 0.5) is 13.2 Å². The first-order valence-corrected chi connectivity index (χ1v) is 16.2. The number of aliphatic carboxylic acids is 1. The molecule has 0 aromatic heterocycles. The van der Waals surface area contributed by atoms with Crippen LogP contribution >= 0.6 is 0 Å². The van der Waals surface area contributed by atoms with Gasteiger partial charge in [0.05, 0.1) is 17.2 Å². The topological polar surface area (TPSA) is 70.9 Å². The van der Waals surface area contributed by atoms with E-state index >= 15 is 0 Å². The molecule has 0 fully saturated rings. The third-order valence-corrected chi connectivity index (χ3v) is 8.13. The van der Waals surface area contributed by atoms with Gasteiger partial charge in [0.2, 0.25) is 0 Å². The van der Waals surface area contributed by atoms with Crippen LogP contribution in [0.3, 0.4) is 0 Å². The molecule has 8 heteroatoms. The normalized spacial score (nSPS) is 16.2. The van der Waals surface area contributed by atoms with Crippen molar-refractivity contribution in [3.8, 4) is 5.75 Å². The largest absolute Gasteiger partial charge is 0.478 e. The summed E-state index contributed by atoms with van der Waals surface area (Å²) in [6.45, 7) is 17.2. The summed E-state index contributed by atoms with van der Waals surface area (Å²) in [5.41, 5.74) is 5.17. The van der Waals surface area contributed by atoms with Crippen molar-refractivity contribution in [2.24, 2.45) is 4.99 Å². The summed E-state index contributed by atoms with van der Waals surface area (Å²) < 4.78 is 49.6. The summed E-state index contributed by atoms with van der Waals surface area (Å²) in [6, 6.07) is 7.44. The van der Waals surface area contributed by atoms with Gasteiger partial charge in [-0.25, -0.2) is 4.79 Å². The van der Waals surface area contributed by atoms with Gasteiger partial charge in [-0.3, -0.25) is 4.99 Å². The van der Waals surface area contributed by atoms with Gasteiger partial charge in [0.15, 0.2) is 0 Å². The second-order valence-electron chi connectivity index (χ2n) is 12.2. The molecule has 5 nitrogen and oxygen atoms in total. The van der Waals surface area contributed by atoms with Gasteiger partial charge < -0.3 is 15.2 Å². The molecule has 2 aromatic carbocycles. The van der Waals surface area contributed by atoms with Crippen LogP contribution in [0.2, 0.25) is 0 Å². The number of alkyl halides is 3. The minimum atomic E-state index is -4.61. The number of aliphatic imine (C=N–C) groups is 1. The van der Waals surface area contributed by atoms with Gasteiger partial charge in [-0.2, -0.15) is 13.2 Å². The molecule has 1 aliphatic heterocycles. The molecule has 1 unspecified atom stereocenters. The highest BCUT2D eigenvalue weighted by molar-refractivity contribution is 5.93. The molecular formula is C39H47F3N2O3. The smallest absolute Gasteiger partial charge is 0.416 e. The number of fused-ring (bicyclic) bond motifs is 1. The summed E-state index contributed by atoms with van der Waals surface area (Å²) in [7, 11) is 0. The zero-order valence-electron chi connectivity index (χ0n) is 28.9. The number of carboxylic acid groups (broad SMARTS) is 1. The number of carbonyl (C=O) groups is 1. The van der Waals surface area contributed by atoms with Crippen molar-refractivity contribution in [3.05, 3.63) is 110 Å². The number of nitrogens with zero attached hydrogens (tertiary/aromatic N) is 1. The molecule has 0 amide bonds. The first-order chi connectivity index (χ1) is 22.1. The van der Waals surface area contributed by atoms with E-state index in [1.807, 2.05) is 85.0 Å². The fourth-order valence-corrected chi connectivity index (χ4v) is 5.08. The Balaban J connectivity index is 2.27. The van der Waals surface area contributed by atoms with E-state index in [1.54, 1.807) is 26.0 Å². The van der Waals surface area contributed by atoms with Gasteiger partial charge in [0.25, 0.3) is 0 Å². The first-order valence-electron chi connectivity index (χ1n) is 16.2. The van der Waals surface area contributed by atoms with E-state index in [4.69, 9.17) is 4.74 Å². The number of benzene rings is 2. The molecule has 0 saturated heterocycles. The third-order valence-electron chi connectivity index (χ3n) is 8.13. The van der Waals surface area contributed by atoms with E-state index < -0.39 is 23.8 Å². The number of carboxylic acids is 1. The van der Waals surface area contributed by atoms with Crippen LogP contribution < -0.4 is 10.1 Å². The van der Waals surface area contributed by atoms with Gasteiger partial charge >= 0.3 is 12.1 Å². The predicted molar refractivity (Wildman–Crippen MR) is 187 cm³/mol. The Morgan fingerprint density at radius 3 is 2.32 bits per heavy atom. The van der Waals surface area contributed by atoms with Gasteiger partial charge in [-0.05, 0) is 108 Å². The molecule has 1 atom stereocenters. The molecule has 1 aliphatic rings. The summed E-state index contributed by atoms with van der Waals surface area (Å²) in [5, 5.41) is 13.5. The molecule has 0 saturated carbocycles. The number of rotatable bonds is 12. The fourth-order valence-electron chi connectivity index (χ4n) is 5.08. The Bertz CT molecular complexity index is 1670. The van der Waals surface area contributed by atoms with E-state index in [0.29, 0.717) is 46.8 Å². The molecule has 0 spiro atoms. The van der Waals surface area contributed by atoms with Gasteiger partial charge in [0, 0.05) is 34.6 Å². The Labute approximate surface area is 277 Å². The van der Waals surface area contributed by atoms with E-state index in [0.717, 1.165) is 40.8 Å². The molecule has 3 rings (SSSR count). The second-order valence-corrected chi connectivity index (χ2v) is 12.2. The van der Waals surface area contributed by atoms with Crippen LogP contribution in [0.1, 0.15) is 114 Å². The minimum absolute atomic E-state index is 0.0867. The first kappa shape index (κ1) is 37.1. The van der Waals surface area contributed by atoms with Crippen molar-refractivity contribution in [2.45, 2.75) is 99.8 Å². The van der Waals surface area contributed by atoms with E-state index in [-0.39, 0.29) is 17.2 Å². The number of ether oxygens (including phenoxy) is 1. The lowest BCUT2D eigenvalue weighted by Crippen LogP contribution is -2.25. The van der Waals surface area contributed by atoms with E-state index in [1.165, 1.54) is 0 Å². The maximum Gasteiger partial charge on any atom is 0.416 e. The molecule has 0 aliphatic carbocycles. The standard InChI is InChI=1S/C39H47F3N2O3/c1-10-13-28-19-35(29-16-15-26(8)30(18-29)22-43-23(4)5)47-37-32(20-31(21-33(28)37)39(40,41)42)27(9)44-34(17-14-24(6)11-2)36(38(45)46)25(7)12-3/h13-23,27,44H,10-12H2,1-9H3,(H,45,46)/b24-14+,28-13-,34-17+,36-25+,43-22?. The highest BCUT2D eigenvalue weighted by Gasteiger charge is 2.35. The predicted octanol–water partition coefficient (Wildman–Crippen LogP) is 10.8. The zero-order chi connectivity index (χ0) is 35.1. The summed E-state index contributed by atoms with van der Waals surface area (Å²) >= 11 is 0. The fraction of sp³-hybridized carbons (Fsp3) is 0.385. The average molecular weight is 649 g/mol. The number of hydrogen-bond acceptors (Lipinski definition) is 4. The third kappa shape index (κ3) is 9.37. The SMILES string of the molecule is CC/C=C1/C=C(c2ccc(C)c(C=NC(C)C)c2)Oc2c1cc(C(F)(F)F)cc2C(C)NC(=C/C=C(\C)CC)/C(C(=O)O)=C(/C)CC. The van der Waals surface area contributed by atoms with Crippen molar-refractivity contribution in [1.82, 2.24) is 5.32 Å². The number of halogens is 3. The van der Waals surface area contributed by atoms with Gasteiger partial charge in [0.1, 0.15) is 11.5 Å². The van der Waals surface area contributed by atoms with Crippen molar-refractivity contribution in [3.63, 3.8) is 0 Å². The van der Waals surface area contributed by atoms with Crippen molar-refractivity contribution in [2.75, 3.05) is 0 Å². The van der Waals surface area contributed by atoms with Crippen LogP contribution in [-0.2, 0) is 11.0 Å².